The first-order valence-electron chi connectivity index (χ1n) is 4.30. The molecule has 0 fully saturated rings. The maximum absolute atomic E-state index is 11.2. The van der Waals surface area contributed by atoms with E-state index in [0.29, 0.717) is 19.0 Å². The molecule has 0 saturated heterocycles. The molecule has 1 atom stereocenters. The number of nitrogens with one attached hydrogen (secondary N) is 1. The summed E-state index contributed by atoms with van der Waals surface area (Å²) in [5.41, 5.74) is 5.40. The third-order valence-corrected chi connectivity index (χ3v) is 1.83. The number of carbonyl (C=O) groups excluding carboxylic acids is 1. The Morgan fingerprint density at radius 2 is 2.25 bits per heavy atom. The summed E-state index contributed by atoms with van der Waals surface area (Å²) in [4.78, 5) is 12.8. The summed E-state index contributed by atoms with van der Waals surface area (Å²) in [6, 6.07) is -0.0298. The van der Waals surface area contributed by atoms with Crippen LogP contribution in [0.4, 0.5) is 4.79 Å². The highest BCUT2D eigenvalue weighted by atomic mass is 16.2. The van der Waals surface area contributed by atoms with Crippen LogP contribution in [0.25, 0.3) is 0 Å². The van der Waals surface area contributed by atoms with Gasteiger partial charge in [0.05, 0.1) is 0 Å². The zero-order chi connectivity index (χ0) is 9.56. The van der Waals surface area contributed by atoms with Crippen molar-refractivity contribution in [1.82, 2.24) is 10.2 Å². The first kappa shape index (κ1) is 11.2. The van der Waals surface area contributed by atoms with E-state index in [-0.39, 0.29) is 6.03 Å². The second kappa shape index (κ2) is 5.83. The number of hydrogen-bond donors (Lipinski definition) is 2. The van der Waals surface area contributed by atoms with Gasteiger partial charge < -0.3 is 16.0 Å². The van der Waals surface area contributed by atoms with Gasteiger partial charge in [-0.2, -0.15) is 0 Å². The summed E-state index contributed by atoms with van der Waals surface area (Å²) in [6.45, 7) is 5.93. The van der Waals surface area contributed by atoms with E-state index in [0.717, 1.165) is 6.54 Å². The molecule has 0 saturated carbocycles. The predicted molar refractivity (Wildman–Crippen MR) is 49.9 cm³/mol. The minimum absolute atomic E-state index is 0.0298. The molecule has 72 valence electrons. The quantitative estimate of drug-likeness (QED) is 0.640. The fraction of sp³-hybridized carbons (Fsp3) is 0.875. The van der Waals surface area contributed by atoms with E-state index in [1.165, 1.54) is 0 Å². The summed E-state index contributed by atoms with van der Waals surface area (Å²) in [6.07, 6.45) is 0. The van der Waals surface area contributed by atoms with Gasteiger partial charge in [0, 0.05) is 20.1 Å². The topological polar surface area (TPSA) is 58.4 Å². The van der Waals surface area contributed by atoms with Crippen molar-refractivity contribution < 1.29 is 4.79 Å². The number of carbonyl (C=O) groups is 1. The Balaban J connectivity index is 3.56. The number of nitrogens with zero attached hydrogens (tertiary/aromatic N) is 1. The van der Waals surface area contributed by atoms with Crippen molar-refractivity contribution in [2.45, 2.75) is 13.8 Å². The lowest BCUT2D eigenvalue weighted by Gasteiger charge is -2.17. The summed E-state index contributed by atoms with van der Waals surface area (Å²) in [5, 5.41) is 2.79. The molecule has 4 nitrogen and oxygen atoms in total. The van der Waals surface area contributed by atoms with Gasteiger partial charge in [-0.15, -0.1) is 0 Å². The predicted octanol–water partition coefficient (Wildman–Crippen LogP) is 0.243. The monoisotopic (exact) mass is 173 g/mol. The van der Waals surface area contributed by atoms with Crippen molar-refractivity contribution >= 4 is 6.03 Å². The van der Waals surface area contributed by atoms with Gasteiger partial charge in [0.1, 0.15) is 0 Å². The molecule has 0 rings (SSSR count). The van der Waals surface area contributed by atoms with Crippen LogP contribution < -0.4 is 11.1 Å². The van der Waals surface area contributed by atoms with Crippen molar-refractivity contribution in [3.05, 3.63) is 0 Å². The summed E-state index contributed by atoms with van der Waals surface area (Å²) in [7, 11) is 1.77. The van der Waals surface area contributed by atoms with E-state index < -0.39 is 0 Å². The van der Waals surface area contributed by atoms with Crippen LogP contribution in [0.1, 0.15) is 13.8 Å². The molecule has 12 heavy (non-hydrogen) atoms. The normalized spacial score (nSPS) is 12.3. The SMILES string of the molecule is CCN(C)C(=O)NCC(C)CN. The number of rotatable bonds is 4. The molecule has 0 heterocycles. The number of amides is 2. The Morgan fingerprint density at radius 3 is 2.67 bits per heavy atom. The number of nitrogens with two attached hydrogens (primary N) is 1. The van der Waals surface area contributed by atoms with Crippen LogP contribution in [0.3, 0.4) is 0 Å². The van der Waals surface area contributed by atoms with Crippen LogP contribution in [0.2, 0.25) is 0 Å². The number of hydrogen-bond acceptors (Lipinski definition) is 2. The lowest BCUT2D eigenvalue weighted by Crippen LogP contribution is -2.40. The zero-order valence-corrected chi connectivity index (χ0v) is 8.13. The standard InChI is InChI=1S/C8H19N3O/c1-4-11(3)8(12)10-6-7(2)5-9/h7H,4-6,9H2,1-3H3,(H,10,12). The molecular weight excluding hydrogens is 154 g/mol. The van der Waals surface area contributed by atoms with Gasteiger partial charge in [-0.05, 0) is 19.4 Å². The third-order valence-electron chi connectivity index (χ3n) is 1.83. The van der Waals surface area contributed by atoms with E-state index in [1.807, 2.05) is 13.8 Å². The number of urea groups is 1. The highest BCUT2D eigenvalue weighted by Crippen LogP contribution is 1.89. The van der Waals surface area contributed by atoms with Crippen LogP contribution in [-0.2, 0) is 0 Å². The van der Waals surface area contributed by atoms with E-state index in [2.05, 4.69) is 5.32 Å². The molecule has 0 aliphatic heterocycles. The minimum atomic E-state index is -0.0298. The molecule has 2 amide bonds. The molecule has 0 radical (unpaired) electrons. The maximum atomic E-state index is 11.2. The molecule has 0 aliphatic rings. The van der Waals surface area contributed by atoms with Crippen LogP contribution in [0.15, 0.2) is 0 Å². The first-order valence-corrected chi connectivity index (χ1v) is 4.30. The van der Waals surface area contributed by atoms with Crippen molar-refractivity contribution in [2.24, 2.45) is 11.7 Å². The molecule has 0 bridgehead atoms. The molecule has 0 aromatic rings. The first-order chi connectivity index (χ1) is 5.61. The highest BCUT2D eigenvalue weighted by molar-refractivity contribution is 5.73. The van der Waals surface area contributed by atoms with Gasteiger partial charge in [-0.3, -0.25) is 0 Å². The Bertz CT molecular complexity index is 138. The Labute approximate surface area is 74.1 Å². The molecule has 0 aliphatic carbocycles. The molecular formula is C8H19N3O. The summed E-state index contributed by atoms with van der Waals surface area (Å²) >= 11 is 0. The van der Waals surface area contributed by atoms with E-state index >= 15 is 0 Å². The maximum Gasteiger partial charge on any atom is 0.317 e. The Kier molecular flexibility index (Phi) is 5.45. The third kappa shape index (κ3) is 4.18. The second-order valence-electron chi connectivity index (χ2n) is 3.04. The summed E-state index contributed by atoms with van der Waals surface area (Å²) < 4.78 is 0. The van der Waals surface area contributed by atoms with E-state index in [4.69, 9.17) is 5.73 Å². The average molecular weight is 173 g/mol. The lowest BCUT2D eigenvalue weighted by atomic mass is 10.2. The fourth-order valence-electron chi connectivity index (χ4n) is 0.623. The van der Waals surface area contributed by atoms with Crippen LogP contribution in [0.5, 0.6) is 0 Å². The molecule has 0 aromatic heterocycles. The van der Waals surface area contributed by atoms with E-state index in [1.54, 1.807) is 11.9 Å². The second-order valence-corrected chi connectivity index (χ2v) is 3.04. The van der Waals surface area contributed by atoms with Crippen molar-refractivity contribution in [2.75, 3.05) is 26.7 Å². The molecule has 3 N–H and O–H groups in total. The Hall–Kier alpha value is -0.770. The summed E-state index contributed by atoms with van der Waals surface area (Å²) in [5.74, 6) is 0.346. The van der Waals surface area contributed by atoms with Gasteiger partial charge in [-0.25, -0.2) is 4.79 Å². The largest absolute Gasteiger partial charge is 0.338 e. The molecule has 1 unspecified atom stereocenters. The average Bonchev–Trinajstić information content (AvgIpc) is 2.11. The molecule has 0 spiro atoms. The zero-order valence-electron chi connectivity index (χ0n) is 8.13. The van der Waals surface area contributed by atoms with Gasteiger partial charge >= 0.3 is 6.03 Å². The van der Waals surface area contributed by atoms with Crippen molar-refractivity contribution in [1.29, 1.82) is 0 Å². The lowest BCUT2D eigenvalue weighted by molar-refractivity contribution is 0.209. The Morgan fingerprint density at radius 1 is 1.67 bits per heavy atom. The molecule has 0 aromatic carbocycles. The van der Waals surface area contributed by atoms with Crippen molar-refractivity contribution in [3.63, 3.8) is 0 Å². The highest BCUT2D eigenvalue weighted by Gasteiger charge is 2.06. The van der Waals surface area contributed by atoms with Gasteiger partial charge in [0.15, 0.2) is 0 Å². The van der Waals surface area contributed by atoms with Gasteiger partial charge in [-0.1, -0.05) is 6.92 Å². The van der Waals surface area contributed by atoms with Crippen LogP contribution >= 0.6 is 0 Å². The fourth-order valence-corrected chi connectivity index (χ4v) is 0.623. The minimum Gasteiger partial charge on any atom is -0.338 e. The van der Waals surface area contributed by atoms with Crippen molar-refractivity contribution in [3.8, 4) is 0 Å². The van der Waals surface area contributed by atoms with Gasteiger partial charge in [0.2, 0.25) is 0 Å². The van der Waals surface area contributed by atoms with Crippen LogP contribution in [-0.4, -0.2) is 37.6 Å². The van der Waals surface area contributed by atoms with Crippen LogP contribution in [0, 0.1) is 5.92 Å². The van der Waals surface area contributed by atoms with Gasteiger partial charge in [0.25, 0.3) is 0 Å². The smallest absolute Gasteiger partial charge is 0.317 e. The molecule has 4 heteroatoms. The van der Waals surface area contributed by atoms with E-state index in [9.17, 15) is 4.79 Å².